The van der Waals surface area contributed by atoms with Gasteiger partial charge < -0.3 is 16.4 Å². The van der Waals surface area contributed by atoms with Crippen molar-refractivity contribution in [3.8, 4) is 0 Å². The molecule has 0 aliphatic carbocycles. The van der Waals surface area contributed by atoms with E-state index in [1.807, 2.05) is 0 Å². The second-order valence-corrected chi connectivity index (χ2v) is 6.13. The van der Waals surface area contributed by atoms with E-state index in [4.69, 9.17) is 5.73 Å². The van der Waals surface area contributed by atoms with Gasteiger partial charge in [0.2, 0.25) is 5.91 Å². The van der Waals surface area contributed by atoms with E-state index in [-0.39, 0.29) is 30.5 Å². The van der Waals surface area contributed by atoms with Gasteiger partial charge in [-0.2, -0.15) is 0 Å². The Morgan fingerprint density at radius 2 is 2.13 bits per heavy atom. The van der Waals surface area contributed by atoms with Crippen molar-refractivity contribution in [2.45, 2.75) is 38.6 Å². The van der Waals surface area contributed by atoms with Gasteiger partial charge in [-0.25, -0.2) is 4.39 Å². The number of hydrogen-bond acceptors (Lipinski definition) is 3. The molecule has 0 fully saturated rings. The lowest BCUT2D eigenvalue weighted by atomic mass is 10.1. The SMILES string of the molecule is CCCCC(CN)NC(=O)CCNC(=O)c1cc(F)ccc1Br. The topological polar surface area (TPSA) is 84.2 Å². The zero-order valence-electron chi connectivity index (χ0n) is 13.2. The van der Waals surface area contributed by atoms with Gasteiger partial charge in [0.15, 0.2) is 0 Å². The quantitative estimate of drug-likeness (QED) is 0.607. The number of carbonyl (C=O) groups excluding carboxylic acids is 2. The van der Waals surface area contributed by atoms with Crippen molar-refractivity contribution in [2.75, 3.05) is 13.1 Å². The minimum atomic E-state index is -0.488. The van der Waals surface area contributed by atoms with Crippen LogP contribution in [0.25, 0.3) is 0 Å². The lowest BCUT2D eigenvalue weighted by Gasteiger charge is -2.16. The molecule has 1 atom stereocenters. The van der Waals surface area contributed by atoms with Gasteiger partial charge in [-0.1, -0.05) is 19.8 Å². The Kier molecular flexibility index (Phi) is 8.79. The van der Waals surface area contributed by atoms with Crippen LogP contribution in [-0.2, 0) is 4.79 Å². The van der Waals surface area contributed by atoms with Gasteiger partial charge in [-0.3, -0.25) is 9.59 Å². The molecule has 5 nitrogen and oxygen atoms in total. The number of benzene rings is 1. The summed E-state index contributed by atoms with van der Waals surface area (Å²) in [6.45, 7) is 2.66. The first-order valence-corrected chi connectivity index (χ1v) is 8.49. The average Bonchev–Trinajstić information content (AvgIpc) is 2.53. The summed E-state index contributed by atoms with van der Waals surface area (Å²) in [6, 6.07) is 3.85. The molecular formula is C16H23BrFN3O2. The van der Waals surface area contributed by atoms with Gasteiger partial charge >= 0.3 is 0 Å². The summed E-state index contributed by atoms with van der Waals surface area (Å²) in [5.41, 5.74) is 5.82. The highest BCUT2D eigenvalue weighted by Crippen LogP contribution is 2.17. The molecule has 0 radical (unpaired) electrons. The van der Waals surface area contributed by atoms with Crippen LogP contribution in [0.4, 0.5) is 4.39 Å². The Morgan fingerprint density at radius 1 is 1.39 bits per heavy atom. The molecule has 0 saturated heterocycles. The van der Waals surface area contributed by atoms with Crippen molar-refractivity contribution >= 4 is 27.7 Å². The number of rotatable bonds is 9. The summed E-state index contributed by atoms with van der Waals surface area (Å²) in [5, 5.41) is 5.46. The highest BCUT2D eigenvalue weighted by molar-refractivity contribution is 9.10. The fraction of sp³-hybridized carbons (Fsp3) is 0.500. The maximum Gasteiger partial charge on any atom is 0.252 e. The molecule has 7 heteroatoms. The summed E-state index contributed by atoms with van der Waals surface area (Å²) in [4.78, 5) is 23.8. The van der Waals surface area contributed by atoms with Crippen LogP contribution in [0.5, 0.6) is 0 Å². The van der Waals surface area contributed by atoms with E-state index in [1.54, 1.807) is 0 Å². The fourth-order valence-electron chi connectivity index (χ4n) is 2.06. The van der Waals surface area contributed by atoms with Gasteiger partial charge in [0.25, 0.3) is 5.91 Å². The summed E-state index contributed by atoms with van der Waals surface area (Å²) >= 11 is 3.20. The minimum Gasteiger partial charge on any atom is -0.352 e. The zero-order valence-corrected chi connectivity index (χ0v) is 14.8. The van der Waals surface area contributed by atoms with Gasteiger partial charge in [-0.15, -0.1) is 0 Å². The van der Waals surface area contributed by atoms with E-state index in [9.17, 15) is 14.0 Å². The molecule has 1 unspecified atom stereocenters. The highest BCUT2D eigenvalue weighted by atomic mass is 79.9. The molecule has 0 saturated carbocycles. The molecule has 1 rings (SSSR count). The predicted octanol–water partition coefficient (Wildman–Crippen LogP) is 2.34. The average molecular weight is 388 g/mol. The minimum absolute atomic E-state index is 0.0319. The van der Waals surface area contributed by atoms with Crippen LogP contribution in [0.3, 0.4) is 0 Å². The first-order valence-electron chi connectivity index (χ1n) is 7.70. The van der Waals surface area contributed by atoms with E-state index in [1.165, 1.54) is 12.1 Å². The zero-order chi connectivity index (χ0) is 17.2. The standard InChI is InChI=1S/C16H23BrFN3O2/c1-2-3-4-12(10-19)21-15(22)7-8-20-16(23)13-9-11(18)5-6-14(13)17/h5-6,9,12H,2-4,7-8,10,19H2,1H3,(H,20,23)(H,21,22). The van der Waals surface area contributed by atoms with E-state index in [0.717, 1.165) is 25.3 Å². The third kappa shape index (κ3) is 7.09. The van der Waals surface area contributed by atoms with Crippen molar-refractivity contribution in [2.24, 2.45) is 5.73 Å². The second-order valence-electron chi connectivity index (χ2n) is 5.27. The summed E-state index contributed by atoms with van der Waals surface area (Å²) in [6.07, 6.45) is 3.06. The van der Waals surface area contributed by atoms with E-state index < -0.39 is 11.7 Å². The van der Waals surface area contributed by atoms with Crippen LogP contribution in [-0.4, -0.2) is 30.9 Å². The molecule has 0 spiro atoms. The molecule has 2 amide bonds. The summed E-state index contributed by atoms with van der Waals surface area (Å²) < 4.78 is 13.7. The van der Waals surface area contributed by atoms with Crippen LogP contribution in [0.15, 0.2) is 22.7 Å². The van der Waals surface area contributed by atoms with Gasteiger partial charge in [0.1, 0.15) is 5.82 Å². The van der Waals surface area contributed by atoms with Crippen LogP contribution in [0, 0.1) is 5.82 Å². The molecule has 0 aromatic heterocycles. The van der Waals surface area contributed by atoms with Crippen LogP contribution in [0.2, 0.25) is 0 Å². The Bertz CT molecular complexity index is 540. The molecule has 0 bridgehead atoms. The number of halogens is 2. The number of nitrogens with two attached hydrogens (primary N) is 1. The molecule has 128 valence electrons. The van der Waals surface area contributed by atoms with Gasteiger partial charge in [0.05, 0.1) is 5.56 Å². The van der Waals surface area contributed by atoms with Crippen molar-refractivity contribution < 1.29 is 14.0 Å². The number of hydrogen-bond donors (Lipinski definition) is 3. The number of unbranched alkanes of at least 4 members (excludes halogenated alkanes) is 1. The van der Waals surface area contributed by atoms with Gasteiger partial charge in [-0.05, 0) is 40.5 Å². The van der Waals surface area contributed by atoms with E-state index in [2.05, 4.69) is 33.5 Å². The predicted molar refractivity (Wildman–Crippen MR) is 91.6 cm³/mol. The lowest BCUT2D eigenvalue weighted by Crippen LogP contribution is -2.41. The normalized spacial score (nSPS) is 11.8. The van der Waals surface area contributed by atoms with Gasteiger partial charge in [0, 0.05) is 30.0 Å². The fourth-order valence-corrected chi connectivity index (χ4v) is 2.48. The van der Waals surface area contributed by atoms with Crippen molar-refractivity contribution in [1.82, 2.24) is 10.6 Å². The monoisotopic (exact) mass is 387 g/mol. The van der Waals surface area contributed by atoms with Crippen molar-refractivity contribution in [1.29, 1.82) is 0 Å². The maximum atomic E-state index is 13.2. The summed E-state index contributed by atoms with van der Waals surface area (Å²) in [5.74, 6) is -1.07. The van der Waals surface area contributed by atoms with E-state index >= 15 is 0 Å². The molecular weight excluding hydrogens is 365 g/mol. The smallest absolute Gasteiger partial charge is 0.252 e. The Labute approximate surface area is 144 Å². The molecule has 0 aliphatic rings. The van der Waals surface area contributed by atoms with E-state index in [0.29, 0.717) is 11.0 Å². The third-order valence-electron chi connectivity index (χ3n) is 3.37. The molecule has 23 heavy (non-hydrogen) atoms. The number of amides is 2. The third-order valence-corrected chi connectivity index (χ3v) is 4.06. The first kappa shape index (κ1) is 19.6. The Morgan fingerprint density at radius 3 is 2.78 bits per heavy atom. The van der Waals surface area contributed by atoms with Crippen molar-refractivity contribution in [3.05, 3.63) is 34.1 Å². The summed E-state index contributed by atoms with van der Waals surface area (Å²) in [7, 11) is 0. The Balaban J connectivity index is 2.39. The Hall–Kier alpha value is -1.47. The molecule has 1 aromatic carbocycles. The molecule has 1 aromatic rings. The van der Waals surface area contributed by atoms with Crippen LogP contribution in [0.1, 0.15) is 43.0 Å². The lowest BCUT2D eigenvalue weighted by molar-refractivity contribution is -0.121. The molecule has 0 heterocycles. The van der Waals surface area contributed by atoms with Crippen molar-refractivity contribution in [3.63, 3.8) is 0 Å². The molecule has 0 aliphatic heterocycles. The largest absolute Gasteiger partial charge is 0.352 e. The van der Waals surface area contributed by atoms with Crippen LogP contribution >= 0.6 is 15.9 Å². The second kappa shape index (κ2) is 10.3. The first-order chi connectivity index (χ1) is 11.0. The number of carbonyl (C=O) groups is 2. The van der Waals surface area contributed by atoms with Crippen LogP contribution < -0.4 is 16.4 Å². The maximum absolute atomic E-state index is 13.2. The number of nitrogens with one attached hydrogen (secondary N) is 2. The highest BCUT2D eigenvalue weighted by Gasteiger charge is 2.13. The molecule has 4 N–H and O–H groups in total.